The summed E-state index contributed by atoms with van der Waals surface area (Å²) in [6.07, 6.45) is 1.98. The molecule has 31 heavy (non-hydrogen) atoms. The number of fused-ring (bicyclic) bond motifs is 1. The molecule has 9 nitrogen and oxygen atoms in total. The molecule has 1 aromatic carbocycles. The van der Waals surface area contributed by atoms with E-state index in [2.05, 4.69) is 15.2 Å². The van der Waals surface area contributed by atoms with Crippen LogP contribution in [0.1, 0.15) is 36.4 Å². The van der Waals surface area contributed by atoms with Gasteiger partial charge in [0.1, 0.15) is 5.82 Å². The largest absolute Gasteiger partial charge is 0.384 e. The first-order valence-electron chi connectivity index (χ1n) is 10.4. The Morgan fingerprint density at radius 3 is 2.81 bits per heavy atom. The molecule has 1 amide bonds. The number of H-pyrrole nitrogens is 1. The second-order valence-corrected chi connectivity index (χ2v) is 10.1. The summed E-state index contributed by atoms with van der Waals surface area (Å²) >= 11 is 0. The molecule has 0 bridgehead atoms. The number of nitrogens with one attached hydrogen (secondary N) is 1. The standard InChI is InChI=1S/C21H24N6O3S/c1-13-4-5-15(27-9-2-3-19(27)28)11-18(13)31(29,30)26-10-8-14(12-26)17-7-6-16-20(22)24-25-21(16)23-17/h4-7,11,14H,2-3,8-10,12H2,1H3,(H3,22,23,24,25). The second-order valence-electron chi connectivity index (χ2n) is 8.19. The average Bonchev–Trinajstić information content (AvgIpc) is 3.49. The Bertz CT molecular complexity index is 1290. The van der Waals surface area contributed by atoms with Crippen molar-refractivity contribution in [3.8, 4) is 0 Å². The molecule has 1 atom stereocenters. The molecule has 0 saturated carbocycles. The Balaban J connectivity index is 1.41. The molecule has 162 valence electrons. The quantitative estimate of drug-likeness (QED) is 0.640. The Kier molecular flexibility index (Phi) is 4.71. The Morgan fingerprint density at radius 2 is 2.03 bits per heavy atom. The van der Waals surface area contributed by atoms with Crippen molar-refractivity contribution >= 4 is 38.5 Å². The van der Waals surface area contributed by atoms with Gasteiger partial charge in [-0.2, -0.15) is 9.40 Å². The third kappa shape index (κ3) is 3.35. The number of aryl methyl sites for hydroxylation is 1. The van der Waals surface area contributed by atoms with E-state index in [1.54, 1.807) is 24.0 Å². The van der Waals surface area contributed by atoms with Gasteiger partial charge in [0, 0.05) is 43.4 Å². The summed E-state index contributed by atoms with van der Waals surface area (Å²) in [6, 6.07) is 8.99. The van der Waals surface area contributed by atoms with Crippen LogP contribution in [-0.2, 0) is 14.8 Å². The highest BCUT2D eigenvalue weighted by Gasteiger charge is 2.35. The molecule has 0 radical (unpaired) electrons. The lowest BCUT2D eigenvalue weighted by Crippen LogP contribution is -2.30. The van der Waals surface area contributed by atoms with E-state index in [-0.39, 0.29) is 16.7 Å². The predicted octanol–water partition coefficient (Wildman–Crippen LogP) is 2.15. The van der Waals surface area contributed by atoms with Crippen LogP contribution in [0.5, 0.6) is 0 Å². The van der Waals surface area contributed by atoms with Gasteiger partial charge in [0.05, 0.1) is 10.3 Å². The minimum atomic E-state index is -3.69. The van der Waals surface area contributed by atoms with Crippen LogP contribution in [0.3, 0.4) is 0 Å². The van der Waals surface area contributed by atoms with Crippen LogP contribution < -0.4 is 10.6 Å². The molecule has 1 unspecified atom stereocenters. The monoisotopic (exact) mass is 440 g/mol. The van der Waals surface area contributed by atoms with E-state index in [9.17, 15) is 13.2 Å². The number of nitrogens with two attached hydrogens (primary N) is 1. The van der Waals surface area contributed by atoms with Gasteiger partial charge in [-0.1, -0.05) is 6.07 Å². The lowest BCUT2D eigenvalue weighted by atomic mass is 10.0. The molecule has 4 heterocycles. The molecule has 3 aromatic rings. The van der Waals surface area contributed by atoms with E-state index in [1.807, 2.05) is 18.2 Å². The maximum atomic E-state index is 13.5. The van der Waals surface area contributed by atoms with Crippen molar-refractivity contribution in [1.82, 2.24) is 19.5 Å². The Hall–Kier alpha value is -2.98. The highest BCUT2D eigenvalue weighted by atomic mass is 32.2. The molecule has 0 aliphatic carbocycles. The molecule has 0 spiro atoms. The van der Waals surface area contributed by atoms with Gasteiger partial charge in [-0.3, -0.25) is 9.89 Å². The molecular formula is C21H24N6O3S. The second kappa shape index (κ2) is 7.31. The van der Waals surface area contributed by atoms with Crippen molar-refractivity contribution in [2.75, 3.05) is 30.3 Å². The van der Waals surface area contributed by atoms with Crippen molar-refractivity contribution in [2.45, 2.75) is 37.0 Å². The Labute approximate surface area is 180 Å². The minimum absolute atomic E-state index is 0.0132. The number of rotatable bonds is 4. The summed E-state index contributed by atoms with van der Waals surface area (Å²) in [5.41, 5.74) is 8.50. The minimum Gasteiger partial charge on any atom is -0.384 e. The van der Waals surface area contributed by atoms with Gasteiger partial charge in [0.15, 0.2) is 5.65 Å². The molecule has 5 rings (SSSR count). The first-order chi connectivity index (χ1) is 14.8. The number of sulfonamides is 1. The van der Waals surface area contributed by atoms with Crippen LogP contribution in [0.15, 0.2) is 35.2 Å². The molecule has 3 N–H and O–H groups in total. The van der Waals surface area contributed by atoms with Gasteiger partial charge >= 0.3 is 0 Å². The van der Waals surface area contributed by atoms with Gasteiger partial charge in [-0.15, -0.1) is 0 Å². The topological polar surface area (TPSA) is 125 Å². The third-order valence-corrected chi connectivity index (χ3v) is 8.22. The maximum absolute atomic E-state index is 13.5. The number of nitrogen functional groups attached to an aromatic ring is 1. The summed E-state index contributed by atoms with van der Waals surface area (Å²) in [4.78, 5) is 18.6. The normalized spacial score (nSPS) is 20.2. The number of hydrogen-bond donors (Lipinski definition) is 2. The first-order valence-corrected chi connectivity index (χ1v) is 11.8. The smallest absolute Gasteiger partial charge is 0.243 e. The number of amides is 1. The van der Waals surface area contributed by atoms with Gasteiger partial charge in [0.2, 0.25) is 15.9 Å². The third-order valence-electron chi connectivity index (χ3n) is 6.21. The van der Waals surface area contributed by atoms with Gasteiger partial charge in [-0.05, 0) is 49.6 Å². The number of benzene rings is 1. The predicted molar refractivity (Wildman–Crippen MR) is 117 cm³/mol. The lowest BCUT2D eigenvalue weighted by molar-refractivity contribution is -0.117. The van der Waals surface area contributed by atoms with E-state index >= 15 is 0 Å². The van der Waals surface area contributed by atoms with Crippen molar-refractivity contribution in [3.63, 3.8) is 0 Å². The molecule has 10 heteroatoms. The van der Waals surface area contributed by atoms with Crippen LogP contribution in [0, 0.1) is 6.92 Å². The van der Waals surface area contributed by atoms with E-state index in [4.69, 9.17) is 5.73 Å². The molecule has 2 saturated heterocycles. The zero-order valence-corrected chi connectivity index (χ0v) is 18.0. The fourth-order valence-electron chi connectivity index (χ4n) is 4.44. The molecule has 2 fully saturated rings. The van der Waals surface area contributed by atoms with Gasteiger partial charge < -0.3 is 10.6 Å². The number of anilines is 2. The van der Waals surface area contributed by atoms with Crippen LogP contribution in [0.4, 0.5) is 11.5 Å². The highest BCUT2D eigenvalue weighted by molar-refractivity contribution is 7.89. The number of nitrogens with zero attached hydrogens (tertiary/aromatic N) is 4. The van der Waals surface area contributed by atoms with E-state index in [0.29, 0.717) is 55.2 Å². The number of carbonyl (C=O) groups is 1. The zero-order chi connectivity index (χ0) is 21.8. The van der Waals surface area contributed by atoms with Gasteiger partial charge in [0.25, 0.3) is 0 Å². The summed E-state index contributed by atoms with van der Waals surface area (Å²) in [7, 11) is -3.69. The van der Waals surface area contributed by atoms with Crippen molar-refractivity contribution < 1.29 is 13.2 Å². The number of aromatic nitrogens is 3. The molecule has 2 aliphatic rings. The number of aromatic amines is 1. The lowest BCUT2D eigenvalue weighted by Gasteiger charge is -2.21. The summed E-state index contributed by atoms with van der Waals surface area (Å²) < 4.78 is 28.4. The van der Waals surface area contributed by atoms with E-state index < -0.39 is 10.0 Å². The number of hydrogen-bond acceptors (Lipinski definition) is 6. The summed E-state index contributed by atoms with van der Waals surface area (Å²) in [6.45, 7) is 3.18. The van der Waals surface area contributed by atoms with Crippen LogP contribution in [0.25, 0.3) is 11.0 Å². The summed E-state index contributed by atoms with van der Waals surface area (Å²) in [5, 5.41) is 7.58. The molecule has 2 aliphatic heterocycles. The SMILES string of the molecule is Cc1ccc(N2CCCC2=O)cc1S(=O)(=O)N1CCC(c2ccc3c(N)[nH]nc3n2)C1. The first kappa shape index (κ1) is 20.0. The Morgan fingerprint density at radius 1 is 1.19 bits per heavy atom. The van der Waals surface area contributed by atoms with Gasteiger partial charge in [-0.25, -0.2) is 13.4 Å². The fourth-order valence-corrected chi connectivity index (χ4v) is 6.19. The maximum Gasteiger partial charge on any atom is 0.243 e. The fraction of sp³-hybridized carbons (Fsp3) is 0.381. The van der Waals surface area contributed by atoms with Crippen LogP contribution >= 0.6 is 0 Å². The van der Waals surface area contributed by atoms with Crippen LogP contribution in [0.2, 0.25) is 0 Å². The van der Waals surface area contributed by atoms with E-state index in [1.165, 1.54) is 4.31 Å². The van der Waals surface area contributed by atoms with Crippen molar-refractivity contribution in [3.05, 3.63) is 41.6 Å². The zero-order valence-electron chi connectivity index (χ0n) is 17.2. The molecular weight excluding hydrogens is 416 g/mol. The number of carbonyl (C=O) groups excluding carboxylic acids is 1. The van der Waals surface area contributed by atoms with E-state index in [0.717, 1.165) is 17.5 Å². The number of pyridine rings is 1. The summed E-state index contributed by atoms with van der Waals surface area (Å²) in [5.74, 6) is 0.492. The highest BCUT2D eigenvalue weighted by Crippen LogP contribution is 2.34. The van der Waals surface area contributed by atoms with Crippen LogP contribution in [-0.4, -0.2) is 53.4 Å². The van der Waals surface area contributed by atoms with Crippen molar-refractivity contribution in [2.24, 2.45) is 0 Å². The van der Waals surface area contributed by atoms with Crippen molar-refractivity contribution in [1.29, 1.82) is 0 Å². The molecule has 2 aromatic heterocycles. The average molecular weight is 441 g/mol.